The second-order valence-electron chi connectivity index (χ2n) is 4.10. The van der Waals surface area contributed by atoms with E-state index in [-0.39, 0.29) is 11.7 Å². The number of amides is 1. The lowest BCUT2D eigenvalue weighted by Crippen LogP contribution is -2.39. The number of nitrogens with one attached hydrogen (secondary N) is 1. The van der Waals surface area contributed by atoms with E-state index in [9.17, 15) is 9.90 Å². The largest absolute Gasteiger partial charge is 0.508 e. The molecule has 3 heteroatoms. The third-order valence-electron chi connectivity index (χ3n) is 2.90. The van der Waals surface area contributed by atoms with E-state index >= 15 is 0 Å². The normalized spacial score (nSPS) is 15.8. The van der Waals surface area contributed by atoms with Gasteiger partial charge in [-0.25, -0.2) is 0 Å². The molecule has 1 aromatic rings. The van der Waals surface area contributed by atoms with Crippen molar-refractivity contribution in [1.82, 2.24) is 5.32 Å². The van der Waals surface area contributed by atoms with Crippen LogP contribution in [0.5, 0.6) is 5.75 Å². The molecule has 0 unspecified atom stereocenters. The van der Waals surface area contributed by atoms with Crippen molar-refractivity contribution in [1.29, 1.82) is 0 Å². The molecule has 1 amide bonds. The minimum atomic E-state index is -0.0304. The first-order valence-corrected chi connectivity index (χ1v) is 5.27. The summed E-state index contributed by atoms with van der Waals surface area (Å²) in [5, 5.41) is 12.2. The molecule has 0 spiro atoms. The highest BCUT2D eigenvalue weighted by Gasteiger charge is 2.20. The molecule has 80 valence electrons. The highest BCUT2D eigenvalue weighted by molar-refractivity contribution is 5.96. The Morgan fingerprint density at radius 3 is 2.73 bits per heavy atom. The first-order valence-electron chi connectivity index (χ1n) is 5.27. The van der Waals surface area contributed by atoms with Gasteiger partial charge in [-0.1, -0.05) is 0 Å². The lowest BCUT2D eigenvalue weighted by molar-refractivity contribution is 0.0916. The quantitative estimate of drug-likeness (QED) is 0.775. The first-order chi connectivity index (χ1) is 7.16. The van der Waals surface area contributed by atoms with Crippen molar-refractivity contribution in [2.75, 3.05) is 0 Å². The molecule has 1 saturated carbocycles. The van der Waals surface area contributed by atoms with E-state index < -0.39 is 0 Å². The van der Waals surface area contributed by atoms with E-state index in [4.69, 9.17) is 0 Å². The molecule has 1 aromatic carbocycles. The predicted molar refractivity (Wildman–Crippen MR) is 57.9 cm³/mol. The van der Waals surface area contributed by atoms with E-state index in [0.717, 1.165) is 18.4 Å². The van der Waals surface area contributed by atoms with Gasteiger partial charge in [-0.2, -0.15) is 0 Å². The van der Waals surface area contributed by atoms with Crippen molar-refractivity contribution in [3.8, 4) is 5.75 Å². The second kappa shape index (κ2) is 3.93. The van der Waals surface area contributed by atoms with E-state index in [2.05, 4.69) is 5.32 Å². The van der Waals surface area contributed by atoms with Crippen molar-refractivity contribution in [3.63, 3.8) is 0 Å². The summed E-state index contributed by atoms with van der Waals surface area (Å²) in [5.41, 5.74) is 1.46. The lowest BCUT2D eigenvalue weighted by atomic mass is 9.92. The Bertz CT molecular complexity index is 383. The van der Waals surface area contributed by atoms with Gasteiger partial charge in [-0.05, 0) is 49.9 Å². The number of aryl methyl sites for hydroxylation is 1. The predicted octanol–water partition coefficient (Wildman–Crippen LogP) is 1.98. The Morgan fingerprint density at radius 2 is 2.20 bits per heavy atom. The Labute approximate surface area is 89.1 Å². The molecule has 1 aliphatic rings. The molecule has 0 saturated heterocycles. The highest BCUT2D eigenvalue weighted by atomic mass is 16.3. The van der Waals surface area contributed by atoms with Crippen LogP contribution in [0.25, 0.3) is 0 Å². The zero-order valence-corrected chi connectivity index (χ0v) is 8.79. The summed E-state index contributed by atoms with van der Waals surface area (Å²) in [5.74, 6) is 0.171. The van der Waals surface area contributed by atoms with E-state index in [1.54, 1.807) is 18.2 Å². The fraction of sp³-hybridized carbons (Fsp3) is 0.417. The molecule has 0 aromatic heterocycles. The summed E-state index contributed by atoms with van der Waals surface area (Å²) >= 11 is 0. The molecule has 2 rings (SSSR count). The molecule has 0 bridgehead atoms. The number of hydrogen-bond donors (Lipinski definition) is 2. The third kappa shape index (κ3) is 2.12. The first kappa shape index (κ1) is 10.0. The monoisotopic (exact) mass is 205 g/mol. The molecule has 15 heavy (non-hydrogen) atoms. The maximum absolute atomic E-state index is 11.8. The molecule has 0 atom stereocenters. The summed E-state index contributed by atoms with van der Waals surface area (Å²) < 4.78 is 0. The number of benzene rings is 1. The average Bonchev–Trinajstić information content (AvgIpc) is 2.11. The van der Waals surface area contributed by atoms with E-state index in [1.807, 2.05) is 6.92 Å². The van der Waals surface area contributed by atoms with Crippen molar-refractivity contribution >= 4 is 5.91 Å². The number of hydrogen-bond acceptors (Lipinski definition) is 2. The Kier molecular flexibility index (Phi) is 2.62. The molecular formula is C12H15NO2. The Balaban J connectivity index is 2.10. The summed E-state index contributed by atoms with van der Waals surface area (Å²) in [6.07, 6.45) is 3.38. The maximum Gasteiger partial charge on any atom is 0.251 e. The number of aromatic hydroxyl groups is 1. The van der Waals surface area contributed by atoms with Crippen LogP contribution in [-0.4, -0.2) is 17.1 Å². The van der Waals surface area contributed by atoms with Gasteiger partial charge in [0, 0.05) is 11.6 Å². The van der Waals surface area contributed by atoms with Gasteiger partial charge in [-0.15, -0.1) is 0 Å². The smallest absolute Gasteiger partial charge is 0.251 e. The molecule has 0 heterocycles. The van der Waals surface area contributed by atoms with Crippen LogP contribution in [0.3, 0.4) is 0 Å². The van der Waals surface area contributed by atoms with Gasteiger partial charge >= 0.3 is 0 Å². The number of phenols is 1. The van der Waals surface area contributed by atoms with Crippen LogP contribution < -0.4 is 5.32 Å². The Hall–Kier alpha value is -1.51. The summed E-state index contributed by atoms with van der Waals surface area (Å²) in [6, 6.07) is 5.17. The minimum Gasteiger partial charge on any atom is -0.508 e. The van der Waals surface area contributed by atoms with Gasteiger partial charge in [0.15, 0.2) is 0 Å². The van der Waals surface area contributed by atoms with Gasteiger partial charge in [0.05, 0.1) is 0 Å². The fourth-order valence-corrected chi connectivity index (χ4v) is 1.72. The molecule has 0 aliphatic heterocycles. The summed E-state index contributed by atoms with van der Waals surface area (Å²) in [4.78, 5) is 11.8. The van der Waals surface area contributed by atoms with Crippen molar-refractivity contribution < 1.29 is 9.90 Å². The van der Waals surface area contributed by atoms with Gasteiger partial charge in [-0.3, -0.25) is 4.79 Å². The molecular weight excluding hydrogens is 190 g/mol. The molecule has 3 nitrogen and oxygen atoms in total. The number of carbonyl (C=O) groups excluding carboxylic acids is 1. The molecule has 0 radical (unpaired) electrons. The van der Waals surface area contributed by atoms with Crippen LogP contribution >= 0.6 is 0 Å². The highest BCUT2D eigenvalue weighted by Crippen LogP contribution is 2.20. The van der Waals surface area contributed by atoms with Crippen LogP contribution in [0.2, 0.25) is 0 Å². The molecule has 2 N–H and O–H groups in total. The topological polar surface area (TPSA) is 49.3 Å². The minimum absolute atomic E-state index is 0.0304. The van der Waals surface area contributed by atoms with Crippen LogP contribution in [0.15, 0.2) is 18.2 Å². The van der Waals surface area contributed by atoms with E-state index in [1.165, 1.54) is 6.42 Å². The fourth-order valence-electron chi connectivity index (χ4n) is 1.72. The van der Waals surface area contributed by atoms with Crippen molar-refractivity contribution in [2.45, 2.75) is 32.2 Å². The third-order valence-corrected chi connectivity index (χ3v) is 2.90. The van der Waals surface area contributed by atoms with Crippen LogP contribution in [0, 0.1) is 6.92 Å². The van der Waals surface area contributed by atoms with Gasteiger partial charge in [0.1, 0.15) is 5.75 Å². The van der Waals surface area contributed by atoms with Crippen LogP contribution in [0.1, 0.15) is 35.2 Å². The standard InChI is InChI=1S/C12H15NO2/c1-8-7-10(14)5-6-11(8)12(15)13-9-3-2-4-9/h5-7,9,14H,2-4H2,1H3,(H,13,15). The van der Waals surface area contributed by atoms with Gasteiger partial charge in [0.25, 0.3) is 5.91 Å². The zero-order chi connectivity index (χ0) is 10.8. The van der Waals surface area contributed by atoms with Gasteiger partial charge < -0.3 is 10.4 Å². The summed E-state index contributed by atoms with van der Waals surface area (Å²) in [6.45, 7) is 1.83. The van der Waals surface area contributed by atoms with Crippen molar-refractivity contribution in [3.05, 3.63) is 29.3 Å². The van der Waals surface area contributed by atoms with Crippen LogP contribution in [-0.2, 0) is 0 Å². The SMILES string of the molecule is Cc1cc(O)ccc1C(=O)NC1CCC1. The zero-order valence-electron chi connectivity index (χ0n) is 8.79. The second-order valence-corrected chi connectivity index (χ2v) is 4.10. The van der Waals surface area contributed by atoms with Crippen molar-refractivity contribution in [2.24, 2.45) is 0 Å². The lowest BCUT2D eigenvalue weighted by Gasteiger charge is -2.26. The Morgan fingerprint density at radius 1 is 1.47 bits per heavy atom. The maximum atomic E-state index is 11.8. The number of carbonyl (C=O) groups is 1. The van der Waals surface area contributed by atoms with Crippen LogP contribution in [0.4, 0.5) is 0 Å². The molecule has 1 fully saturated rings. The molecule has 1 aliphatic carbocycles. The number of rotatable bonds is 2. The summed E-state index contributed by atoms with van der Waals surface area (Å²) in [7, 11) is 0. The van der Waals surface area contributed by atoms with E-state index in [0.29, 0.717) is 11.6 Å². The average molecular weight is 205 g/mol. The van der Waals surface area contributed by atoms with Gasteiger partial charge in [0.2, 0.25) is 0 Å². The number of phenolic OH excluding ortho intramolecular Hbond substituents is 1.